The molecule has 0 saturated carbocycles. The summed E-state index contributed by atoms with van der Waals surface area (Å²) in [5.74, 6) is 0. The van der Waals surface area contributed by atoms with E-state index < -0.39 is 0 Å². The number of ether oxygens (including phenoxy) is 1. The van der Waals surface area contributed by atoms with E-state index in [1.54, 1.807) is 13.2 Å². The van der Waals surface area contributed by atoms with Crippen LogP contribution in [0, 0.1) is 4.77 Å². The molecule has 0 aliphatic heterocycles. The Morgan fingerprint density at radius 2 is 1.91 bits per heavy atom. The number of nitrogens with zero attached hydrogens (tertiary/aromatic N) is 1. The first kappa shape index (κ1) is 14.7. The molecule has 0 atom stereocenters. The maximum Gasteiger partial charge on any atom is 0.252 e. The van der Waals surface area contributed by atoms with Gasteiger partial charge >= 0.3 is 0 Å². The van der Waals surface area contributed by atoms with Crippen LogP contribution in [-0.2, 0) is 11.3 Å². The Hall–Kier alpha value is -2.24. The first-order valence-electron chi connectivity index (χ1n) is 7.01. The van der Waals surface area contributed by atoms with Crippen LogP contribution < -0.4 is 5.56 Å². The summed E-state index contributed by atoms with van der Waals surface area (Å²) in [5, 5.41) is 2.29. The Morgan fingerprint density at radius 1 is 1.14 bits per heavy atom. The highest BCUT2D eigenvalue weighted by atomic mass is 32.1. The van der Waals surface area contributed by atoms with Crippen LogP contribution in [0.1, 0.15) is 0 Å². The summed E-state index contributed by atoms with van der Waals surface area (Å²) in [6.45, 7) is 1.12. The lowest BCUT2D eigenvalue weighted by Gasteiger charge is -2.13. The first-order chi connectivity index (χ1) is 10.7. The van der Waals surface area contributed by atoms with Crippen molar-refractivity contribution in [2.45, 2.75) is 6.54 Å². The number of hydrogen-bond donors (Lipinski definition) is 1. The number of aromatic nitrogens is 2. The summed E-state index contributed by atoms with van der Waals surface area (Å²) < 4.78 is 7.44. The van der Waals surface area contributed by atoms with E-state index in [0.717, 1.165) is 22.0 Å². The molecule has 0 aliphatic carbocycles. The highest BCUT2D eigenvalue weighted by Crippen LogP contribution is 2.23. The van der Waals surface area contributed by atoms with Gasteiger partial charge in [0.05, 0.1) is 12.3 Å². The number of nitrogens with one attached hydrogen (secondary N) is 1. The molecule has 1 aromatic heterocycles. The molecule has 0 amide bonds. The van der Waals surface area contributed by atoms with Crippen molar-refractivity contribution in [2.75, 3.05) is 13.7 Å². The van der Waals surface area contributed by atoms with Crippen LogP contribution in [0.5, 0.6) is 0 Å². The molecule has 0 saturated heterocycles. The molecular weight excluding hydrogens is 296 g/mol. The van der Waals surface area contributed by atoms with Gasteiger partial charge in [-0.15, -0.1) is 0 Å². The van der Waals surface area contributed by atoms with Crippen molar-refractivity contribution in [3.05, 3.63) is 63.7 Å². The van der Waals surface area contributed by atoms with Crippen LogP contribution in [0.4, 0.5) is 0 Å². The van der Waals surface area contributed by atoms with Crippen LogP contribution in [-0.4, -0.2) is 23.3 Å². The SMILES string of the molecule is COCCn1c(-c2ccc3ccccc3c2)cc(=O)[nH]c1=S. The maximum atomic E-state index is 11.8. The second-order valence-electron chi connectivity index (χ2n) is 5.03. The topological polar surface area (TPSA) is 47.0 Å². The summed E-state index contributed by atoms with van der Waals surface area (Å²) in [7, 11) is 1.64. The first-order valence-corrected chi connectivity index (χ1v) is 7.42. The van der Waals surface area contributed by atoms with E-state index in [1.165, 1.54) is 0 Å². The number of rotatable bonds is 4. The number of fused-ring (bicyclic) bond motifs is 1. The molecule has 0 unspecified atom stereocenters. The molecule has 3 rings (SSSR count). The van der Waals surface area contributed by atoms with Gasteiger partial charge in [-0.25, -0.2) is 0 Å². The number of hydrogen-bond acceptors (Lipinski definition) is 3. The number of methoxy groups -OCH3 is 1. The van der Waals surface area contributed by atoms with Gasteiger partial charge in [0, 0.05) is 19.7 Å². The van der Waals surface area contributed by atoms with Crippen molar-refractivity contribution >= 4 is 23.0 Å². The van der Waals surface area contributed by atoms with Crippen molar-refractivity contribution in [3.8, 4) is 11.3 Å². The predicted molar refractivity (Wildman–Crippen MR) is 90.7 cm³/mol. The van der Waals surface area contributed by atoms with Crippen LogP contribution in [0.3, 0.4) is 0 Å². The van der Waals surface area contributed by atoms with Gasteiger partial charge in [-0.2, -0.15) is 0 Å². The van der Waals surface area contributed by atoms with Crippen LogP contribution >= 0.6 is 12.2 Å². The third-order valence-electron chi connectivity index (χ3n) is 3.60. The van der Waals surface area contributed by atoms with E-state index in [9.17, 15) is 4.79 Å². The van der Waals surface area contributed by atoms with Crippen molar-refractivity contribution in [2.24, 2.45) is 0 Å². The summed E-state index contributed by atoms with van der Waals surface area (Å²) in [4.78, 5) is 14.5. The zero-order chi connectivity index (χ0) is 15.5. The lowest BCUT2D eigenvalue weighted by atomic mass is 10.0. The third kappa shape index (κ3) is 2.86. The Balaban J connectivity index is 2.20. The lowest BCUT2D eigenvalue weighted by molar-refractivity contribution is 0.187. The average Bonchev–Trinajstić information content (AvgIpc) is 2.53. The molecule has 112 valence electrons. The molecule has 0 bridgehead atoms. The van der Waals surface area contributed by atoms with E-state index in [1.807, 2.05) is 22.8 Å². The minimum atomic E-state index is -0.193. The fourth-order valence-electron chi connectivity index (χ4n) is 2.51. The highest BCUT2D eigenvalue weighted by molar-refractivity contribution is 7.71. The van der Waals surface area contributed by atoms with Crippen molar-refractivity contribution in [1.82, 2.24) is 9.55 Å². The zero-order valence-corrected chi connectivity index (χ0v) is 13.0. The van der Waals surface area contributed by atoms with Gasteiger partial charge in [-0.05, 0) is 34.6 Å². The molecule has 0 fully saturated rings. The third-order valence-corrected chi connectivity index (χ3v) is 3.92. The van der Waals surface area contributed by atoms with Gasteiger partial charge < -0.3 is 9.30 Å². The molecule has 0 radical (unpaired) electrons. The molecule has 22 heavy (non-hydrogen) atoms. The fourth-order valence-corrected chi connectivity index (χ4v) is 2.80. The van der Waals surface area contributed by atoms with Gasteiger partial charge in [0.25, 0.3) is 5.56 Å². The van der Waals surface area contributed by atoms with Crippen molar-refractivity contribution < 1.29 is 4.74 Å². The van der Waals surface area contributed by atoms with E-state index in [0.29, 0.717) is 17.9 Å². The van der Waals surface area contributed by atoms with E-state index in [4.69, 9.17) is 17.0 Å². The minimum Gasteiger partial charge on any atom is -0.383 e. The average molecular weight is 312 g/mol. The van der Waals surface area contributed by atoms with Gasteiger partial charge in [0.2, 0.25) is 0 Å². The van der Waals surface area contributed by atoms with Crippen LogP contribution in [0.2, 0.25) is 0 Å². The fraction of sp³-hybridized carbons (Fsp3) is 0.176. The summed E-state index contributed by atoms with van der Waals surface area (Å²) in [5.41, 5.74) is 1.57. The second kappa shape index (κ2) is 6.25. The summed E-state index contributed by atoms with van der Waals surface area (Å²) in [6, 6.07) is 15.8. The summed E-state index contributed by atoms with van der Waals surface area (Å²) in [6.07, 6.45) is 0. The van der Waals surface area contributed by atoms with Gasteiger partial charge in [-0.1, -0.05) is 36.4 Å². The maximum absolute atomic E-state index is 11.8. The van der Waals surface area contributed by atoms with Gasteiger partial charge in [0.1, 0.15) is 0 Å². The van der Waals surface area contributed by atoms with Gasteiger partial charge in [0.15, 0.2) is 4.77 Å². The van der Waals surface area contributed by atoms with Crippen molar-refractivity contribution in [1.29, 1.82) is 0 Å². The Bertz CT molecular complexity index is 928. The molecule has 5 heteroatoms. The predicted octanol–water partition coefficient (Wildman–Crippen LogP) is 3.37. The highest BCUT2D eigenvalue weighted by Gasteiger charge is 2.07. The second-order valence-corrected chi connectivity index (χ2v) is 5.42. The Morgan fingerprint density at radius 3 is 2.68 bits per heavy atom. The van der Waals surface area contributed by atoms with E-state index in [2.05, 4.69) is 29.2 Å². The molecule has 1 heterocycles. The number of benzene rings is 2. The standard InChI is InChI=1S/C17H16N2O2S/c1-21-9-8-19-15(11-16(20)18-17(19)22)14-7-6-12-4-2-3-5-13(12)10-14/h2-7,10-11H,8-9H2,1H3,(H,18,20,22). The van der Waals surface area contributed by atoms with E-state index >= 15 is 0 Å². The molecular formula is C17H16N2O2S. The smallest absolute Gasteiger partial charge is 0.252 e. The summed E-state index contributed by atoms with van der Waals surface area (Å²) >= 11 is 5.29. The zero-order valence-electron chi connectivity index (χ0n) is 12.2. The molecule has 2 aromatic carbocycles. The van der Waals surface area contributed by atoms with Crippen molar-refractivity contribution in [3.63, 3.8) is 0 Å². The largest absolute Gasteiger partial charge is 0.383 e. The quantitative estimate of drug-likeness (QED) is 0.751. The van der Waals surface area contributed by atoms with Gasteiger partial charge in [-0.3, -0.25) is 9.78 Å². The Labute approximate surface area is 133 Å². The minimum absolute atomic E-state index is 0.193. The number of aromatic amines is 1. The van der Waals surface area contributed by atoms with Crippen LogP contribution in [0.15, 0.2) is 53.3 Å². The Kier molecular flexibility index (Phi) is 4.18. The monoisotopic (exact) mass is 312 g/mol. The molecule has 4 nitrogen and oxygen atoms in total. The normalized spacial score (nSPS) is 11.0. The molecule has 0 spiro atoms. The van der Waals surface area contributed by atoms with Crippen LogP contribution in [0.25, 0.3) is 22.0 Å². The number of H-pyrrole nitrogens is 1. The molecule has 1 N–H and O–H groups in total. The van der Waals surface area contributed by atoms with E-state index in [-0.39, 0.29) is 5.56 Å². The lowest BCUT2D eigenvalue weighted by Crippen LogP contribution is -2.16. The molecule has 3 aromatic rings. The molecule has 0 aliphatic rings.